The average molecular weight is 789 g/mol. The molecule has 0 bridgehead atoms. The zero-order valence-electron chi connectivity index (χ0n) is 32.5. The van der Waals surface area contributed by atoms with E-state index in [1.54, 1.807) is 0 Å². The van der Waals surface area contributed by atoms with Crippen molar-refractivity contribution in [1.29, 1.82) is 0 Å². The molecule has 0 aliphatic heterocycles. The monoisotopic (exact) mass is 788 g/mol. The lowest BCUT2D eigenvalue weighted by Gasteiger charge is -2.28. The number of rotatable bonds is 4. The van der Waals surface area contributed by atoms with Crippen LogP contribution in [0.4, 0.5) is 17.1 Å². The molecule has 1 aliphatic rings. The first-order valence-electron chi connectivity index (χ1n) is 20.3. The highest BCUT2D eigenvalue weighted by Gasteiger charge is 2.36. The van der Waals surface area contributed by atoms with Crippen LogP contribution in [0.5, 0.6) is 0 Å². The number of hydrogen-bond acceptors (Lipinski definition) is 3. The van der Waals surface area contributed by atoms with Crippen molar-refractivity contribution in [3.63, 3.8) is 0 Å². The van der Waals surface area contributed by atoms with E-state index in [2.05, 4.69) is 205 Å². The number of para-hydroxylation sites is 1. The highest BCUT2D eigenvalue weighted by molar-refractivity contribution is 7.26. The van der Waals surface area contributed by atoms with Gasteiger partial charge in [-0.15, -0.1) is 22.7 Å². The van der Waals surface area contributed by atoms with Crippen molar-refractivity contribution in [2.45, 2.75) is 19.3 Å². The van der Waals surface area contributed by atoms with Gasteiger partial charge >= 0.3 is 0 Å². The molecule has 0 N–H and O–H groups in total. The van der Waals surface area contributed by atoms with Crippen LogP contribution in [-0.4, -0.2) is 4.57 Å². The molecule has 0 fully saturated rings. The lowest BCUT2D eigenvalue weighted by molar-refractivity contribution is 0.660. The second-order valence-corrected chi connectivity index (χ2v) is 18.7. The van der Waals surface area contributed by atoms with Gasteiger partial charge in [0.15, 0.2) is 0 Å². The Hall–Kier alpha value is -6.72. The summed E-state index contributed by atoms with van der Waals surface area (Å²) in [5.74, 6) is 0. The van der Waals surface area contributed by atoms with Crippen LogP contribution in [0.15, 0.2) is 182 Å². The molecule has 13 rings (SSSR count). The number of hydrogen-bond donors (Lipinski definition) is 0. The molecule has 9 aromatic carbocycles. The predicted molar refractivity (Wildman–Crippen MR) is 256 cm³/mol. The number of fused-ring (bicyclic) bond motifs is 14. The standard InChI is InChI=1S/C55H36N2S2/c1-55(2)47-17-9-6-14-38(47)39-25-21-37(31-48(39)55)56(36-23-27-52-45(30-36)40-15-7-10-18-50(40)58-52)35-22-26-49-44(29-35)42-24-20-33-28-53-46(41-16-8-11-19-51(41)59-53)32-43(33)54(42)57(49)34-12-4-3-5-13-34/h3-32H,1-2H3. The molecule has 278 valence electrons. The quantitative estimate of drug-likeness (QED) is 0.172. The minimum atomic E-state index is -0.117. The third-order valence-electron chi connectivity index (χ3n) is 12.9. The van der Waals surface area contributed by atoms with E-state index in [0.29, 0.717) is 0 Å². The van der Waals surface area contributed by atoms with E-state index < -0.39 is 0 Å². The van der Waals surface area contributed by atoms with Crippen molar-refractivity contribution in [2.24, 2.45) is 0 Å². The second kappa shape index (κ2) is 12.2. The van der Waals surface area contributed by atoms with Gasteiger partial charge in [0, 0.05) is 84.7 Å². The molecule has 1 aliphatic carbocycles. The Morgan fingerprint density at radius 2 is 1.02 bits per heavy atom. The van der Waals surface area contributed by atoms with E-state index in [0.717, 1.165) is 22.7 Å². The van der Waals surface area contributed by atoms with Crippen LogP contribution in [-0.2, 0) is 5.41 Å². The van der Waals surface area contributed by atoms with E-state index in [1.807, 2.05) is 22.7 Å². The summed E-state index contributed by atoms with van der Waals surface area (Å²) in [4.78, 5) is 2.48. The van der Waals surface area contributed by atoms with Crippen LogP contribution in [0.3, 0.4) is 0 Å². The van der Waals surface area contributed by atoms with Gasteiger partial charge in [-0.2, -0.15) is 0 Å². The van der Waals surface area contributed by atoms with Crippen molar-refractivity contribution < 1.29 is 0 Å². The van der Waals surface area contributed by atoms with Crippen LogP contribution in [0.2, 0.25) is 0 Å². The fourth-order valence-corrected chi connectivity index (χ4v) is 12.4. The molecule has 3 heterocycles. The molecule has 12 aromatic rings. The van der Waals surface area contributed by atoms with Gasteiger partial charge in [0.2, 0.25) is 0 Å². The molecule has 3 aromatic heterocycles. The molecule has 2 nitrogen and oxygen atoms in total. The Labute approximate surface area is 349 Å². The highest BCUT2D eigenvalue weighted by Crippen LogP contribution is 2.51. The Balaban J connectivity index is 1.09. The van der Waals surface area contributed by atoms with Gasteiger partial charge < -0.3 is 9.47 Å². The Bertz CT molecular complexity index is 3710. The number of aromatic nitrogens is 1. The first-order valence-corrected chi connectivity index (χ1v) is 22.0. The number of anilines is 3. The van der Waals surface area contributed by atoms with E-state index in [4.69, 9.17) is 0 Å². The van der Waals surface area contributed by atoms with Crippen molar-refractivity contribution in [1.82, 2.24) is 4.57 Å². The maximum Gasteiger partial charge on any atom is 0.0619 e. The summed E-state index contributed by atoms with van der Waals surface area (Å²) in [6.07, 6.45) is 0. The van der Waals surface area contributed by atoms with Gasteiger partial charge in [0.25, 0.3) is 0 Å². The van der Waals surface area contributed by atoms with Crippen LogP contribution in [0.25, 0.3) is 89.7 Å². The van der Waals surface area contributed by atoms with E-state index in [-0.39, 0.29) is 5.41 Å². The van der Waals surface area contributed by atoms with Gasteiger partial charge in [-0.05, 0) is 113 Å². The normalized spacial score (nSPS) is 13.4. The van der Waals surface area contributed by atoms with Crippen molar-refractivity contribution in [3.8, 4) is 16.8 Å². The topological polar surface area (TPSA) is 8.17 Å². The maximum absolute atomic E-state index is 2.49. The number of nitrogens with zero attached hydrogens (tertiary/aromatic N) is 2. The van der Waals surface area contributed by atoms with Gasteiger partial charge in [-0.1, -0.05) is 111 Å². The summed E-state index contributed by atoms with van der Waals surface area (Å²) >= 11 is 3.75. The molecule has 0 saturated carbocycles. The van der Waals surface area contributed by atoms with Gasteiger partial charge in [-0.3, -0.25) is 0 Å². The Morgan fingerprint density at radius 1 is 0.407 bits per heavy atom. The summed E-state index contributed by atoms with van der Waals surface area (Å²) < 4.78 is 7.77. The summed E-state index contributed by atoms with van der Waals surface area (Å²) in [6, 6.07) is 68.2. The van der Waals surface area contributed by atoms with Gasteiger partial charge in [-0.25, -0.2) is 0 Å². The zero-order valence-corrected chi connectivity index (χ0v) is 34.2. The minimum Gasteiger partial charge on any atom is -0.310 e. The first-order chi connectivity index (χ1) is 29.0. The third kappa shape index (κ3) is 4.73. The summed E-state index contributed by atoms with van der Waals surface area (Å²) in [6.45, 7) is 4.74. The first kappa shape index (κ1) is 33.3. The summed E-state index contributed by atoms with van der Waals surface area (Å²) in [7, 11) is 0. The molecular weight excluding hydrogens is 753 g/mol. The van der Waals surface area contributed by atoms with E-state index in [9.17, 15) is 0 Å². The van der Waals surface area contributed by atoms with Gasteiger partial charge in [0.1, 0.15) is 0 Å². The van der Waals surface area contributed by atoms with Crippen LogP contribution in [0, 0.1) is 0 Å². The van der Waals surface area contributed by atoms with Gasteiger partial charge in [0.05, 0.1) is 11.0 Å². The molecule has 0 radical (unpaired) electrons. The van der Waals surface area contributed by atoms with Crippen LogP contribution < -0.4 is 4.90 Å². The maximum atomic E-state index is 2.49. The highest BCUT2D eigenvalue weighted by atomic mass is 32.1. The number of thiophene rings is 2. The van der Waals surface area contributed by atoms with E-state index in [1.165, 1.54) is 95.2 Å². The van der Waals surface area contributed by atoms with Crippen LogP contribution in [0.1, 0.15) is 25.0 Å². The Morgan fingerprint density at radius 3 is 1.83 bits per heavy atom. The lowest BCUT2D eigenvalue weighted by Crippen LogP contribution is -2.16. The summed E-state index contributed by atoms with van der Waals surface area (Å²) in [5.41, 5.74) is 12.4. The molecule has 0 spiro atoms. The van der Waals surface area contributed by atoms with Crippen molar-refractivity contribution in [3.05, 3.63) is 193 Å². The van der Waals surface area contributed by atoms with E-state index >= 15 is 0 Å². The minimum absolute atomic E-state index is 0.117. The smallest absolute Gasteiger partial charge is 0.0619 e. The molecule has 0 unspecified atom stereocenters. The SMILES string of the molecule is CC1(C)c2ccccc2-c2ccc(N(c3ccc4sc5ccccc5c4c3)c3ccc4c(c3)c3ccc5cc6sc7ccccc7c6cc5c3n4-c3ccccc3)cc21. The largest absolute Gasteiger partial charge is 0.310 e. The fraction of sp³-hybridized carbons (Fsp3) is 0.0545. The number of benzene rings is 9. The molecular formula is C55H36N2S2. The molecule has 4 heteroatoms. The van der Waals surface area contributed by atoms with Crippen molar-refractivity contribution in [2.75, 3.05) is 4.90 Å². The Kier molecular flexibility index (Phi) is 6.85. The third-order valence-corrected chi connectivity index (χ3v) is 15.2. The van der Waals surface area contributed by atoms with Crippen LogP contribution >= 0.6 is 22.7 Å². The molecule has 0 saturated heterocycles. The predicted octanol–water partition coefficient (Wildman–Crippen LogP) is 16.4. The molecule has 0 atom stereocenters. The van der Waals surface area contributed by atoms with Crippen molar-refractivity contribution >= 4 is 113 Å². The summed E-state index contributed by atoms with van der Waals surface area (Å²) in [5, 5.41) is 10.3. The second-order valence-electron chi connectivity index (χ2n) is 16.5. The lowest BCUT2D eigenvalue weighted by atomic mass is 9.82. The molecule has 59 heavy (non-hydrogen) atoms. The average Bonchev–Trinajstić information content (AvgIpc) is 4.00. The molecule has 0 amide bonds. The zero-order chi connectivity index (χ0) is 39.0. The fourth-order valence-electron chi connectivity index (χ4n) is 10.2.